The quantitative estimate of drug-likeness (QED) is 0.744. The van der Waals surface area contributed by atoms with Gasteiger partial charge in [0.1, 0.15) is 24.4 Å². The number of pyridine rings is 1. The van der Waals surface area contributed by atoms with E-state index in [1.165, 1.54) is 0 Å². The Hall–Kier alpha value is -1.92. The third-order valence-electron chi connectivity index (χ3n) is 4.11. The molecule has 1 aliphatic heterocycles. The molecule has 2 N–H and O–H groups in total. The maximum absolute atomic E-state index is 12.4. The van der Waals surface area contributed by atoms with Crippen LogP contribution in [0.3, 0.4) is 0 Å². The highest BCUT2D eigenvalue weighted by atomic mass is 16.5. The van der Waals surface area contributed by atoms with Crippen molar-refractivity contribution in [2.45, 2.75) is 13.3 Å². The Labute approximate surface area is 130 Å². The molecule has 2 aromatic heterocycles. The molecule has 1 saturated heterocycles. The predicted octanol–water partition coefficient (Wildman–Crippen LogP) is -0.322. The van der Waals surface area contributed by atoms with Crippen LogP contribution in [0.15, 0.2) is 24.4 Å². The van der Waals surface area contributed by atoms with Gasteiger partial charge in [-0.2, -0.15) is 0 Å². The van der Waals surface area contributed by atoms with Gasteiger partial charge < -0.3 is 15.0 Å². The highest BCUT2D eigenvalue weighted by Gasteiger charge is 2.16. The van der Waals surface area contributed by atoms with Crippen LogP contribution in [0, 0.1) is 6.92 Å². The Morgan fingerprint density at radius 2 is 2.23 bits per heavy atom. The minimum atomic E-state index is -0.0480. The Bertz CT molecular complexity index is 647. The van der Waals surface area contributed by atoms with Gasteiger partial charge in [-0.25, -0.2) is 4.98 Å². The van der Waals surface area contributed by atoms with Crippen molar-refractivity contribution >= 4 is 11.6 Å². The fraction of sp³-hybridized carbons (Fsp3) is 0.500. The van der Waals surface area contributed by atoms with Crippen molar-refractivity contribution in [3.8, 4) is 0 Å². The molecule has 1 fully saturated rings. The van der Waals surface area contributed by atoms with Gasteiger partial charge in [0, 0.05) is 19.2 Å². The number of aromatic nitrogens is 2. The number of nitrogens with one attached hydrogen (secondary N) is 2. The number of nitrogens with zero attached hydrogens (tertiary/aromatic N) is 2. The van der Waals surface area contributed by atoms with Crippen molar-refractivity contribution in [3.05, 3.63) is 35.8 Å². The van der Waals surface area contributed by atoms with E-state index in [0.29, 0.717) is 12.2 Å². The minimum Gasteiger partial charge on any atom is -0.370 e. The number of ether oxygens (including phenoxy) is 1. The molecule has 1 amide bonds. The number of amides is 1. The molecule has 3 rings (SSSR count). The van der Waals surface area contributed by atoms with Crippen molar-refractivity contribution in [2.24, 2.45) is 0 Å². The Morgan fingerprint density at radius 1 is 1.41 bits per heavy atom. The third-order valence-corrected chi connectivity index (χ3v) is 4.11. The summed E-state index contributed by atoms with van der Waals surface area (Å²) in [5, 5.41) is 3.01. The molecule has 6 nitrogen and oxygen atoms in total. The molecule has 0 aromatic carbocycles. The summed E-state index contributed by atoms with van der Waals surface area (Å²) in [5.41, 5.74) is 2.21. The van der Waals surface area contributed by atoms with Gasteiger partial charge in [-0.15, -0.1) is 0 Å². The topological polar surface area (TPSA) is 60.1 Å². The molecule has 0 unspecified atom stereocenters. The van der Waals surface area contributed by atoms with Gasteiger partial charge in [-0.1, -0.05) is 6.07 Å². The van der Waals surface area contributed by atoms with Gasteiger partial charge in [0.15, 0.2) is 0 Å². The maximum atomic E-state index is 12.4. The molecule has 0 spiro atoms. The average Bonchev–Trinajstić information content (AvgIpc) is 2.88. The van der Waals surface area contributed by atoms with E-state index in [9.17, 15) is 4.79 Å². The largest absolute Gasteiger partial charge is 0.370 e. The number of fused-ring (bicyclic) bond motifs is 1. The van der Waals surface area contributed by atoms with Crippen LogP contribution >= 0.6 is 0 Å². The van der Waals surface area contributed by atoms with E-state index in [1.54, 1.807) is 4.90 Å². The van der Waals surface area contributed by atoms with Gasteiger partial charge >= 0.3 is 0 Å². The SMILES string of the molecule is Cc1nc2ccccn2c1C(=O)NCCC[NH+]1CCOCC1. The summed E-state index contributed by atoms with van der Waals surface area (Å²) in [6, 6.07) is 5.74. The van der Waals surface area contributed by atoms with Crippen LogP contribution in [-0.2, 0) is 4.74 Å². The fourth-order valence-corrected chi connectivity index (χ4v) is 2.92. The van der Waals surface area contributed by atoms with Gasteiger partial charge in [0.05, 0.1) is 25.5 Å². The number of imidazole rings is 1. The number of morpholine rings is 1. The number of carbonyl (C=O) groups is 1. The van der Waals surface area contributed by atoms with E-state index >= 15 is 0 Å². The van der Waals surface area contributed by atoms with Crippen LogP contribution in [0.25, 0.3) is 5.65 Å². The first-order valence-corrected chi connectivity index (χ1v) is 7.89. The molecule has 118 valence electrons. The number of aryl methyl sites for hydroxylation is 1. The van der Waals surface area contributed by atoms with Crippen LogP contribution in [0.4, 0.5) is 0 Å². The first-order chi connectivity index (χ1) is 10.8. The first kappa shape index (κ1) is 15.0. The van der Waals surface area contributed by atoms with Crippen molar-refractivity contribution < 1.29 is 14.4 Å². The highest BCUT2D eigenvalue weighted by Crippen LogP contribution is 2.11. The van der Waals surface area contributed by atoms with Gasteiger partial charge in [-0.3, -0.25) is 9.20 Å². The van der Waals surface area contributed by atoms with Gasteiger partial charge in [0.25, 0.3) is 5.91 Å². The molecule has 0 saturated carbocycles. The average molecular weight is 303 g/mol. The number of hydrogen-bond donors (Lipinski definition) is 2. The lowest BCUT2D eigenvalue weighted by atomic mass is 10.3. The minimum absolute atomic E-state index is 0.0480. The fourth-order valence-electron chi connectivity index (χ4n) is 2.92. The Balaban J connectivity index is 1.54. The van der Waals surface area contributed by atoms with E-state index in [0.717, 1.165) is 50.6 Å². The second kappa shape index (κ2) is 6.89. The summed E-state index contributed by atoms with van der Waals surface area (Å²) in [4.78, 5) is 18.4. The molecule has 22 heavy (non-hydrogen) atoms. The summed E-state index contributed by atoms with van der Waals surface area (Å²) in [7, 11) is 0. The number of rotatable bonds is 5. The predicted molar refractivity (Wildman–Crippen MR) is 83.3 cm³/mol. The van der Waals surface area contributed by atoms with Crippen molar-refractivity contribution in [1.29, 1.82) is 0 Å². The molecule has 0 radical (unpaired) electrons. The molecular weight excluding hydrogens is 280 g/mol. The number of carbonyl (C=O) groups excluding carboxylic acids is 1. The van der Waals surface area contributed by atoms with Crippen LogP contribution < -0.4 is 10.2 Å². The Morgan fingerprint density at radius 3 is 3.05 bits per heavy atom. The van der Waals surface area contributed by atoms with Crippen molar-refractivity contribution in [2.75, 3.05) is 39.4 Å². The highest BCUT2D eigenvalue weighted by molar-refractivity contribution is 5.94. The number of hydrogen-bond acceptors (Lipinski definition) is 3. The first-order valence-electron chi connectivity index (χ1n) is 7.89. The van der Waals surface area contributed by atoms with E-state index in [2.05, 4.69) is 10.3 Å². The van der Waals surface area contributed by atoms with E-state index in [1.807, 2.05) is 35.7 Å². The Kier molecular flexibility index (Phi) is 4.70. The maximum Gasteiger partial charge on any atom is 0.270 e. The van der Waals surface area contributed by atoms with Crippen molar-refractivity contribution in [3.63, 3.8) is 0 Å². The summed E-state index contributed by atoms with van der Waals surface area (Å²) in [6.45, 7) is 7.49. The van der Waals surface area contributed by atoms with Crippen LogP contribution in [0.2, 0.25) is 0 Å². The molecular formula is C16H23N4O2+. The zero-order chi connectivity index (χ0) is 15.4. The molecule has 0 bridgehead atoms. The van der Waals surface area contributed by atoms with E-state index in [-0.39, 0.29) is 5.91 Å². The summed E-state index contributed by atoms with van der Waals surface area (Å²) >= 11 is 0. The normalized spacial score (nSPS) is 16.0. The van der Waals surface area contributed by atoms with Crippen LogP contribution in [-0.4, -0.2) is 54.7 Å². The van der Waals surface area contributed by atoms with Crippen LogP contribution in [0.5, 0.6) is 0 Å². The second-order valence-corrected chi connectivity index (χ2v) is 5.70. The smallest absolute Gasteiger partial charge is 0.270 e. The van der Waals surface area contributed by atoms with Gasteiger partial charge in [-0.05, 0) is 19.1 Å². The molecule has 1 aliphatic rings. The molecule has 2 aromatic rings. The monoisotopic (exact) mass is 303 g/mol. The zero-order valence-corrected chi connectivity index (χ0v) is 13.0. The van der Waals surface area contributed by atoms with Crippen molar-refractivity contribution in [1.82, 2.24) is 14.7 Å². The van der Waals surface area contributed by atoms with E-state index in [4.69, 9.17) is 4.74 Å². The zero-order valence-electron chi connectivity index (χ0n) is 13.0. The standard InChI is InChI=1S/C16H22N4O2/c1-13-15(20-8-3-2-5-14(20)18-13)16(21)17-6-4-7-19-9-11-22-12-10-19/h2-3,5,8H,4,6-7,9-12H2,1H3,(H,17,21)/p+1. The third kappa shape index (κ3) is 3.28. The molecule has 0 aliphatic carbocycles. The lowest BCUT2D eigenvalue weighted by molar-refractivity contribution is -0.908. The summed E-state index contributed by atoms with van der Waals surface area (Å²) in [5.74, 6) is -0.0480. The molecule has 6 heteroatoms. The number of quaternary nitrogens is 1. The molecule has 3 heterocycles. The summed E-state index contributed by atoms with van der Waals surface area (Å²) < 4.78 is 7.19. The lowest BCUT2D eigenvalue weighted by Gasteiger charge is -2.23. The van der Waals surface area contributed by atoms with E-state index < -0.39 is 0 Å². The molecule has 0 atom stereocenters. The lowest BCUT2D eigenvalue weighted by Crippen LogP contribution is -3.14. The summed E-state index contributed by atoms with van der Waals surface area (Å²) in [6.07, 6.45) is 2.86. The second-order valence-electron chi connectivity index (χ2n) is 5.70. The van der Waals surface area contributed by atoms with Crippen LogP contribution in [0.1, 0.15) is 22.6 Å². The van der Waals surface area contributed by atoms with Gasteiger partial charge in [0.2, 0.25) is 0 Å².